The molecule has 1 aliphatic rings. The SMILES string of the molecule is CN(C(=O)C1(C)CCc2c(c3ccccc3n2CC(=O)O)C1)c1ccccc1. The second-order valence-corrected chi connectivity index (χ2v) is 7.86. The summed E-state index contributed by atoms with van der Waals surface area (Å²) in [5.41, 5.74) is 3.46. The Bertz CT molecular complexity index is 1050. The van der Waals surface area contributed by atoms with E-state index in [-0.39, 0.29) is 12.5 Å². The normalized spacial score (nSPS) is 18.6. The highest BCUT2D eigenvalue weighted by molar-refractivity contribution is 5.98. The molecule has 5 heteroatoms. The first-order valence-electron chi connectivity index (χ1n) is 9.55. The summed E-state index contributed by atoms with van der Waals surface area (Å²) >= 11 is 0. The molecule has 0 bridgehead atoms. The third-order valence-electron chi connectivity index (χ3n) is 5.93. The number of nitrogens with zero attached hydrogens (tertiary/aromatic N) is 2. The van der Waals surface area contributed by atoms with Gasteiger partial charge in [-0.25, -0.2) is 0 Å². The van der Waals surface area contributed by atoms with Crippen molar-refractivity contribution in [2.75, 3.05) is 11.9 Å². The molecule has 0 radical (unpaired) electrons. The van der Waals surface area contributed by atoms with Crippen LogP contribution in [0.4, 0.5) is 5.69 Å². The van der Waals surface area contributed by atoms with E-state index in [1.807, 2.05) is 73.1 Å². The molecular weight excluding hydrogens is 352 g/mol. The topological polar surface area (TPSA) is 62.5 Å². The van der Waals surface area contributed by atoms with Gasteiger partial charge in [0, 0.05) is 29.3 Å². The van der Waals surface area contributed by atoms with Crippen LogP contribution in [0, 0.1) is 5.41 Å². The fraction of sp³-hybridized carbons (Fsp3) is 0.304. The Morgan fingerprint density at radius 3 is 2.50 bits per heavy atom. The molecule has 0 spiro atoms. The van der Waals surface area contributed by atoms with Gasteiger partial charge < -0.3 is 14.6 Å². The van der Waals surface area contributed by atoms with Gasteiger partial charge in [0.1, 0.15) is 6.54 Å². The number of carboxylic acid groups (broad SMARTS) is 1. The number of rotatable bonds is 4. The van der Waals surface area contributed by atoms with Gasteiger partial charge in [-0.3, -0.25) is 9.59 Å². The summed E-state index contributed by atoms with van der Waals surface area (Å²) < 4.78 is 1.90. The van der Waals surface area contributed by atoms with E-state index in [4.69, 9.17) is 0 Å². The summed E-state index contributed by atoms with van der Waals surface area (Å²) in [6.07, 6.45) is 2.01. The number of para-hydroxylation sites is 2. The predicted molar refractivity (Wildman–Crippen MR) is 110 cm³/mol. The van der Waals surface area contributed by atoms with Crippen molar-refractivity contribution in [1.29, 1.82) is 0 Å². The Hall–Kier alpha value is -3.08. The van der Waals surface area contributed by atoms with Crippen LogP contribution in [0.15, 0.2) is 54.6 Å². The zero-order valence-electron chi connectivity index (χ0n) is 16.2. The predicted octanol–water partition coefficient (Wildman–Crippen LogP) is 3.88. The molecule has 1 aromatic heterocycles. The van der Waals surface area contributed by atoms with E-state index < -0.39 is 11.4 Å². The first kappa shape index (κ1) is 18.3. The summed E-state index contributed by atoms with van der Waals surface area (Å²) in [4.78, 5) is 26.5. The van der Waals surface area contributed by atoms with Crippen molar-refractivity contribution in [1.82, 2.24) is 4.57 Å². The van der Waals surface area contributed by atoms with Gasteiger partial charge in [-0.05, 0) is 43.0 Å². The molecule has 0 saturated carbocycles. The molecule has 0 saturated heterocycles. The van der Waals surface area contributed by atoms with E-state index in [2.05, 4.69) is 0 Å². The van der Waals surface area contributed by atoms with Gasteiger partial charge >= 0.3 is 5.97 Å². The second kappa shape index (κ2) is 6.82. The number of hydrogen-bond donors (Lipinski definition) is 1. The second-order valence-electron chi connectivity index (χ2n) is 7.86. The monoisotopic (exact) mass is 376 g/mol. The summed E-state index contributed by atoms with van der Waals surface area (Å²) in [5.74, 6) is -0.754. The van der Waals surface area contributed by atoms with Crippen molar-refractivity contribution in [2.45, 2.75) is 32.7 Å². The smallest absolute Gasteiger partial charge is 0.323 e. The van der Waals surface area contributed by atoms with E-state index >= 15 is 0 Å². The van der Waals surface area contributed by atoms with Crippen LogP contribution >= 0.6 is 0 Å². The lowest BCUT2D eigenvalue weighted by atomic mass is 9.73. The number of carbonyl (C=O) groups is 2. The van der Waals surface area contributed by atoms with Crippen LogP contribution < -0.4 is 4.90 Å². The number of benzene rings is 2. The quantitative estimate of drug-likeness (QED) is 0.752. The number of aliphatic carboxylic acids is 1. The minimum Gasteiger partial charge on any atom is -0.480 e. The maximum absolute atomic E-state index is 13.4. The minimum atomic E-state index is -0.850. The fourth-order valence-corrected chi connectivity index (χ4v) is 4.46. The summed E-state index contributed by atoms with van der Waals surface area (Å²) in [5, 5.41) is 10.4. The van der Waals surface area contributed by atoms with E-state index in [1.165, 1.54) is 0 Å². The molecule has 4 rings (SSSR count). The summed E-state index contributed by atoms with van der Waals surface area (Å²) in [6, 6.07) is 17.6. The molecule has 0 fully saturated rings. The van der Waals surface area contributed by atoms with E-state index in [9.17, 15) is 14.7 Å². The van der Waals surface area contributed by atoms with E-state index in [0.717, 1.165) is 27.8 Å². The maximum Gasteiger partial charge on any atom is 0.323 e. The first-order valence-corrected chi connectivity index (χ1v) is 9.55. The lowest BCUT2D eigenvalue weighted by molar-refractivity contribution is -0.137. The zero-order valence-corrected chi connectivity index (χ0v) is 16.2. The maximum atomic E-state index is 13.4. The van der Waals surface area contributed by atoms with Crippen LogP contribution in [0.3, 0.4) is 0 Å². The average Bonchev–Trinajstić information content (AvgIpc) is 3.00. The van der Waals surface area contributed by atoms with Gasteiger partial charge in [0.15, 0.2) is 0 Å². The highest BCUT2D eigenvalue weighted by Gasteiger charge is 2.41. The molecular formula is C23H24N2O3. The Balaban J connectivity index is 1.73. The third kappa shape index (κ3) is 2.97. The van der Waals surface area contributed by atoms with Crippen molar-refractivity contribution >= 4 is 28.5 Å². The van der Waals surface area contributed by atoms with E-state index in [0.29, 0.717) is 19.3 Å². The van der Waals surface area contributed by atoms with Crippen LogP contribution in [0.1, 0.15) is 24.6 Å². The average molecular weight is 376 g/mol. The molecule has 0 aliphatic heterocycles. The highest BCUT2D eigenvalue weighted by atomic mass is 16.4. The molecule has 1 aliphatic carbocycles. The van der Waals surface area contributed by atoms with Crippen molar-refractivity contribution in [2.24, 2.45) is 5.41 Å². The van der Waals surface area contributed by atoms with Gasteiger partial charge in [0.25, 0.3) is 0 Å². The van der Waals surface area contributed by atoms with Crippen LogP contribution in [0.25, 0.3) is 10.9 Å². The van der Waals surface area contributed by atoms with Gasteiger partial charge in [0.2, 0.25) is 5.91 Å². The third-order valence-corrected chi connectivity index (χ3v) is 5.93. The van der Waals surface area contributed by atoms with Gasteiger partial charge in [0.05, 0.1) is 5.41 Å². The number of hydrogen-bond acceptors (Lipinski definition) is 2. The Labute approximate surface area is 164 Å². The zero-order chi connectivity index (χ0) is 19.9. The molecule has 5 nitrogen and oxygen atoms in total. The van der Waals surface area contributed by atoms with Gasteiger partial charge in [-0.1, -0.05) is 43.3 Å². The molecule has 3 aromatic rings. The number of amides is 1. The van der Waals surface area contributed by atoms with Gasteiger partial charge in [-0.15, -0.1) is 0 Å². The van der Waals surface area contributed by atoms with Crippen molar-refractivity contribution in [3.05, 3.63) is 65.9 Å². The summed E-state index contributed by atoms with van der Waals surface area (Å²) in [7, 11) is 1.83. The standard InChI is InChI=1S/C23H24N2O3/c1-23(22(28)24(2)16-8-4-3-5-9-16)13-12-20-18(14-23)17-10-6-7-11-19(17)25(20)15-21(26)27/h3-11H,12-15H2,1-2H3,(H,26,27). The molecule has 144 valence electrons. The minimum absolute atomic E-state index is 0.0512. The lowest BCUT2D eigenvalue weighted by Gasteiger charge is -2.36. The summed E-state index contributed by atoms with van der Waals surface area (Å²) in [6.45, 7) is 1.98. The van der Waals surface area contributed by atoms with E-state index in [1.54, 1.807) is 4.90 Å². The van der Waals surface area contributed by atoms with Crippen molar-refractivity contribution in [3.63, 3.8) is 0 Å². The van der Waals surface area contributed by atoms with Crippen LogP contribution in [0.2, 0.25) is 0 Å². The Morgan fingerprint density at radius 1 is 1.11 bits per heavy atom. The lowest BCUT2D eigenvalue weighted by Crippen LogP contribution is -2.44. The Morgan fingerprint density at radius 2 is 1.79 bits per heavy atom. The van der Waals surface area contributed by atoms with Crippen LogP contribution in [-0.2, 0) is 29.0 Å². The molecule has 1 atom stereocenters. The van der Waals surface area contributed by atoms with Crippen molar-refractivity contribution in [3.8, 4) is 0 Å². The van der Waals surface area contributed by atoms with Crippen LogP contribution in [-0.4, -0.2) is 28.6 Å². The van der Waals surface area contributed by atoms with Crippen LogP contribution in [0.5, 0.6) is 0 Å². The highest BCUT2D eigenvalue weighted by Crippen LogP contribution is 2.41. The van der Waals surface area contributed by atoms with Gasteiger partial charge in [-0.2, -0.15) is 0 Å². The molecule has 1 unspecified atom stereocenters. The first-order chi connectivity index (χ1) is 13.4. The molecule has 1 amide bonds. The number of carboxylic acids is 1. The fourth-order valence-electron chi connectivity index (χ4n) is 4.46. The number of anilines is 1. The number of carbonyl (C=O) groups excluding carboxylic acids is 1. The Kier molecular flexibility index (Phi) is 4.46. The van der Waals surface area contributed by atoms with Crippen molar-refractivity contribution < 1.29 is 14.7 Å². The molecule has 2 aromatic carbocycles. The molecule has 1 heterocycles. The largest absolute Gasteiger partial charge is 0.480 e. The molecule has 1 N–H and O–H groups in total. The number of aromatic nitrogens is 1. The molecule has 28 heavy (non-hydrogen) atoms. The number of fused-ring (bicyclic) bond motifs is 3.